The molecule has 0 aliphatic rings. The molecule has 0 bridgehead atoms. The first-order chi connectivity index (χ1) is 14.1. The predicted molar refractivity (Wildman–Crippen MR) is 107 cm³/mol. The number of carbonyl (C=O) groups is 1. The minimum atomic E-state index is -4.70. The quantitative estimate of drug-likeness (QED) is 0.567. The maximum absolute atomic E-state index is 13.1. The maximum atomic E-state index is 13.1. The van der Waals surface area contributed by atoms with Crippen LogP contribution in [0.15, 0.2) is 57.7 Å². The summed E-state index contributed by atoms with van der Waals surface area (Å²) in [5, 5.41) is 2.53. The van der Waals surface area contributed by atoms with Gasteiger partial charge in [0.05, 0.1) is 5.56 Å². The molecule has 0 aliphatic carbocycles. The summed E-state index contributed by atoms with van der Waals surface area (Å²) in [4.78, 5) is 24.0. The number of nitrogens with one attached hydrogen (secondary N) is 1. The van der Waals surface area contributed by atoms with Crippen molar-refractivity contribution in [2.75, 3.05) is 5.32 Å². The van der Waals surface area contributed by atoms with E-state index in [9.17, 15) is 22.8 Å². The van der Waals surface area contributed by atoms with Gasteiger partial charge in [-0.1, -0.05) is 32.0 Å². The zero-order valence-corrected chi connectivity index (χ0v) is 16.5. The smallest absolute Gasteiger partial charge is 0.417 e. The highest BCUT2D eigenvalue weighted by Gasteiger charge is 2.34. The highest BCUT2D eigenvalue weighted by molar-refractivity contribution is 5.95. The summed E-state index contributed by atoms with van der Waals surface area (Å²) < 4.78 is 49.9. The molecule has 0 fully saturated rings. The van der Waals surface area contributed by atoms with Crippen molar-refractivity contribution >= 4 is 22.6 Å². The average Bonchev–Trinajstić information content (AvgIpc) is 2.66. The van der Waals surface area contributed by atoms with Gasteiger partial charge < -0.3 is 14.5 Å². The monoisotopic (exact) mass is 419 g/mol. The molecule has 8 heteroatoms. The second-order valence-electron chi connectivity index (χ2n) is 7.13. The van der Waals surface area contributed by atoms with E-state index >= 15 is 0 Å². The third kappa shape index (κ3) is 4.64. The number of hydrogen-bond donors (Lipinski definition) is 1. The molecule has 2 aromatic carbocycles. The zero-order chi connectivity index (χ0) is 22.1. The molecule has 30 heavy (non-hydrogen) atoms. The van der Waals surface area contributed by atoms with E-state index in [-0.39, 0.29) is 22.6 Å². The van der Waals surface area contributed by atoms with E-state index in [1.54, 1.807) is 12.1 Å². The van der Waals surface area contributed by atoms with Gasteiger partial charge in [-0.15, -0.1) is 0 Å². The molecule has 1 amide bonds. The number of amides is 1. The lowest BCUT2D eigenvalue weighted by Crippen LogP contribution is -2.30. The molecule has 0 spiro atoms. The van der Waals surface area contributed by atoms with Crippen molar-refractivity contribution in [3.05, 3.63) is 70.1 Å². The summed E-state index contributed by atoms with van der Waals surface area (Å²) in [6.45, 7) is 5.52. The third-order valence-corrected chi connectivity index (χ3v) is 4.54. The Bertz CT molecular complexity index is 1140. The van der Waals surface area contributed by atoms with E-state index in [1.807, 2.05) is 26.0 Å². The lowest BCUT2D eigenvalue weighted by Gasteiger charge is -2.18. The number of hydrogen-bond acceptors (Lipinski definition) is 4. The standard InChI is InChI=1S/C22H20F3NO4/c1-12(2)15-6-4-5-7-18(15)26-21(28)13(3)29-14-8-9-16-17(22(23,24)25)11-20(27)30-19(16)10-14/h4-13H,1-3H3,(H,26,28). The number of ether oxygens (including phenoxy) is 1. The molecular formula is C22H20F3NO4. The lowest BCUT2D eigenvalue weighted by molar-refractivity contribution is -0.136. The van der Waals surface area contributed by atoms with Crippen molar-refractivity contribution in [1.82, 2.24) is 0 Å². The molecule has 1 atom stereocenters. The molecule has 1 N–H and O–H groups in total. The molecule has 0 aliphatic heterocycles. The summed E-state index contributed by atoms with van der Waals surface area (Å²) in [6.07, 6.45) is -5.65. The third-order valence-electron chi connectivity index (χ3n) is 4.54. The Balaban J connectivity index is 1.82. The van der Waals surface area contributed by atoms with E-state index in [4.69, 9.17) is 9.15 Å². The Morgan fingerprint density at radius 2 is 1.77 bits per heavy atom. The van der Waals surface area contributed by atoms with E-state index in [0.29, 0.717) is 11.8 Å². The van der Waals surface area contributed by atoms with Crippen molar-refractivity contribution in [2.24, 2.45) is 0 Å². The van der Waals surface area contributed by atoms with Crippen molar-refractivity contribution in [1.29, 1.82) is 0 Å². The molecule has 0 saturated carbocycles. The number of benzene rings is 2. The van der Waals surface area contributed by atoms with Crippen LogP contribution in [0, 0.1) is 0 Å². The van der Waals surface area contributed by atoms with Crippen molar-refractivity contribution < 1.29 is 27.1 Å². The van der Waals surface area contributed by atoms with Gasteiger partial charge in [0.15, 0.2) is 6.10 Å². The second-order valence-corrected chi connectivity index (χ2v) is 7.13. The second kappa shape index (κ2) is 8.22. The zero-order valence-electron chi connectivity index (χ0n) is 16.5. The van der Waals surface area contributed by atoms with Gasteiger partial charge in [-0.25, -0.2) is 4.79 Å². The van der Waals surface area contributed by atoms with Crippen molar-refractivity contribution in [3.63, 3.8) is 0 Å². The number of halogens is 3. The summed E-state index contributed by atoms with van der Waals surface area (Å²) in [7, 11) is 0. The minimum absolute atomic E-state index is 0.102. The van der Waals surface area contributed by atoms with Gasteiger partial charge in [0.2, 0.25) is 0 Å². The molecule has 3 aromatic rings. The Morgan fingerprint density at radius 3 is 2.43 bits per heavy atom. The Labute approximate surface area is 170 Å². The molecule has 0 saturated heterocycles. The minimum Gasteiger partial charge on any atom is -0.481 e. The first kappa shape index (κ1) is 21.4. The molecule has 158 valence electrons. The first-order valence-corrected chi connectivity index (χ1v) is 9.28. The highest BCUT2D eigenvalue weighted by Crippen LogP contribution is 2.35. The van der Waals surface area contributed by atoms with Crippen LogP contribution in [0.25, 0.3) is 11.0 Å². The number of anilines is 1. The fourth-order valence-electron chi connectivity index (χ4n) is 3.06. The van der Waals surface area contributed by atoms with Crippen LogP contribution in [0.1, 0.15) is 37.8 Å². The van der Waals surface area contributed by atoms with Gasteiger partial charge in [0, 0.05) is 23.2 Å². The number of carbonyl (C=O) groups excluding carboxylic acids is 1. The van der Waals surface area contributed by atoms with E-state index in [2.05, 4.69) is 5.32 Å². The summed E-state index contributed by atoms with van der Waals surface area (Å²) >= 11 is 0. The van der Waals surface area contributed by atoms with Crippen molar-refractivity contribution in [3.8, 4) is 5.75 Å². The molecule has 1 heterocycles. The Morgan fingerprint density at radius 1 is 1.07 bits per heavy atom. The van der Waals surface area contributed by atoms with E-state index in [1.165, 1.54) is 13.0 Å². The molecule has 3 rings (SSSR count). The summed E-state index contributed by atoms with van der Waals surface area (Å²) in [6, 6.07) is 11.4. The molecule has 1 aromatic heterocycles. The Kier molecular flexibility index (Phi) is 5.87. The molecule has 5 nitrogen and oxygen atoms in total. The van der Waals surface area contributed by atoms with Crippen LogP contribution >= 0.6 is 0 Å². The predicted octanol–water partition coefficient (Wildman–Crippen LogP) is 5.34. The maximum Gasteiger partial charge on any atom is 0.417 e. The number of para-hydroxylation sites is 1. The average molecular weight is 419 g/mol. The van der Waals surface area contributed by atoms with Crippen LogP contribution < -0.4 is 15.7 Å². The lowest BCUT2D eigenvalue weighted by atomic mass is 10.0. The van der Waals surface area contributed by atoms with E-state index in [0.717, 1.165) is 17.7 Å². The van der Waals surface area contributed by atoms with Gasteiger partial charge in [-0.3, -0.25) is 4.79 Å². The van der Waals surface area contributed by atoms with Gasteiger partial charge in [-0.05, 0) is 36.6 Å². The summed E-state index contributed by atoms with van der Waals surface area (Å²) in [5.41, 5.74) is -0.859. The van der Waals surface area contributed by atoms with Crippen LogP contribution in [0.3, 0.4) is 0 Å². The van der Waals surface area contributed by atoms with Crippen LogP contribution in [0.4, 0.5) is 18.9 Å². The number of rotatable bonds is 5. The summed E-state index contributed by atoms with van der Waals surface area (Å²) in [5.74, 6) is -0.123. The van der Waals surface area contributed by atoms with Gasteiger partial charge in [0.25, 0.3) is 5.91 Å². The molecular weight excluding hydrogens is 399 g/mol. The van der Waals surface area contributed by atoms with E-state index < -0.39 is 29.4 Å². The largest absolute Gasteiger partial charge is 0.481 e. The van der Waals surface area contributed by atoms with Crippen LogP contribution in [-0.4, -0.2) is 12.0 Å². The fourth-order valence-corrected chi connectivity index (χ4v) is 3.06. The van der Waals surface area contributed by atoms with Crippen molar-refractivity contribution in [2.45, 2.75) is 39.0 Å². The molecule has 0 radical (unpaired) electrons. The fraction of sp³-hybridized carbons (Fsp3) is 0.273. The topological polar surface area (TPSA) is 68.5 Å². The highest BCUT2D eigenvalue weighted by atomic mass is 19.4. The van der Waals surface area contributed by atoms with Gasteiger partial charge in [0.1, 0.15) is 11.3 Å². The normalized spacial score (nSPS) is 12.8. The van der Waals surface area contributed by atoms with Gasteiger partial charge >= 0.3 is 11.8 Å². The molecule has 1 unspecified atom stereocenters. The van der Waals surface area contributed by atoms with Crippen LogP contribution in [0.5, 0.6) is 5.75 Å². The number of alkyl halides is 3. The number of fused-ring (bicyclic) bond motifs is 1. The van der Waals surface area contributed by atoms with Gasteiger partial charge in [-0.2, -0.15) is 13.2 Å². The first-order valence-electron chi connectivity index (χ1n) is 9.28. The van der Waals surface area contributed by atoms with Crippen LogP contribution in [-0.2, 0) is 11.0 Å². The SMILES string of the molecule is CC(Oc1ccc2c(C(F)(F)F)cc(=O)oc2c1)C(=O)Nc1ccccc1C(C)C. The Hall–Kier alpha value is -3.29. The van der Waals surface area contributed by atoms with Crippen LogP contribution in [0.2, 0.25) is 0 Å².